The minimum absolute atomic E-state index is 0.0192. The Bertz CT molecular complexity index is 2750. The predicted octanol–water partition coefficient (Wildman–Crippen LogP) is 8.89. The lowest BCUT2D eigenvalue weighted by molar-refractivity contribution is -0.125. The Morgan fingerprint density at radius 3 is 2.05 bits per heavy atom. The lowest BCUT2D eigenvalue weighted by Crippen LogP contribution is -2.37. The number of fused-ring (bicyclic) bond motifs is 3. The number of hydrazine groups is 1. The van der Waals surface area contributed by atoms with E-state index < -0.39 is 12.5 Å². The van der Waals surface area contributed by atoms with Gasteiger partial charge in [0.2, 0.25) is 17.6 Å². The number of hydrogen-bond acceptors (Lipinski definition) is 13. The Morgan fingerprint density at radius 1 is 0.784 bits per heavy atom. The molecular weight excluding hydrogens is 984 g/mol. The molecule has 0 atom stereocenters. The molecule has 6 rings (SSSR count). The molecule has 3 amide bonds. The molecule has 0 saturated heterocycles. The second-order valence-corrected chi connectivity index (χ2v) is 20.3. The molecule has 4 aromatic carbocycles. The number of phenols is 2. The number of benzene rings is 4. The summed E-state index contributed by atoms with van der Waals surface area (Å²) in [5.74, 6) is 5.63. The van der Waals surface area contributed by atoms with Crippen LogP contribution in [0, 0.1) is 0 Å². The summed E-state index contributed by atoms with van der Waals surface area (Å²) in [5, 5.41) is 31.8. The molecule has 74 heavy (non-hydrogen) atoms. The van der Waals surface area contributed by atoms with Crippen molar-refractivity contribution in [1.29, 1.82) is 0 Å². The standard InChI is InChI=1S/C52H65N6O10PS.C2H6.CH4O/c1-56(52(64)37-24-22-36(23-25-37)45-34-44(60)41-26-27-43(59)50(63)51(41)68-45)31-15-7-4-2-3-5-8-16-32-58(54)49-39-19-11-10-18-38(39)35-57(42-21-13-12-20-40(42)48(49)53)47(62)29-28-46(61)55-30-14-6-9-17-33-67-69(65,66)70;2*1-2/h10-13,18-27,34,59,63H,2-9,14-17,28-33,35,53-54H2,1H3,(H,55,61)(H2,65,66,70);1-2H3;2H,1H3/b49-48-;;. The van der Waals surface area contributed by atoms with Crippen LogP contribution in [0.4, 0.5) is 5.69 Å². The van der Waals surface area contributed by atoms with Gasteiger partial charge in [-0.15, -0.1) is 0 Å². The number of rotatable bonds is 25. The van der Waals surface area contributed by atoms with E-state index >= 15 is 0 Å². The molecule has 0 saturated carbocycles. The van der Waals surface area contributed by atoms with E-state index in [2.05, 4.69) is 17.1 Å². The molecule has 17 nitrogen and oxygen atoms in total. The normalized spacial score (nSPS) is 13.0. The number of hydrogen-bond donors (Lipinski definition) is 8. The van der Waals surface area contributed by atoms with Crippen molar-refractivity contribution in [3.63, 3.8) is 0 Å². The predicted molar refractivity (Wildman–Crippen MR) is 296 cm³/mol. The number of aliphatic hydroxyl groups excluding tert-OH is 1. The number of anilines is 1. The summed E-state index contributed by atoms with van der Waals surface area (Å²) in [6.07, 6.45) is 11.1. The fraction of sp³-hybridized carbons (Fsp3) is 0.418. The van der Waals surface area contributed by atoms with E-state index in [4.69, 9.17) is 35.4 Å². The molecule has 0 radical (unpaired) electrons. The molecule has 0 fully saturated rings. The van der Waals surface area contributed by atoms with Gasteiger partial charge in [0.25, 0.3) is 5.91 Å². The van der Waals surface area contributed by atoms with E-state index in [0.29, 0.717) is 59.8 Å². The zero-order valence-corrected chi connectivity index (χ0v) is 44.8. The molecule has 10 N–H and O–H groups in total. The van der Waals surface area contributed by atoms with E-state index in [0.717, 1.165) is 88.9 Å². The average molecular weight is 1060 g/mol. The first-order chi connectivity index (χ1) is 35.6. The van der Waals surface area contributed by atoms with Crippen molar-refractivity contribution in [2.75, 3.05) is 45.3 Å². The Labute approximate surface area is 439 Å². The van der Waals surface area contributed by atoms with Gasteiger partial charge < -0.3 is 59.9 Å². The number of phenolic OH excluding ortho intramolecular Hbond substituents is 2. The second kappa shape index (κ2) is 30.9. The molecule has 1 aliphatic rings. The first kappa shape index (κ1) is 60.4. The monoisotopic (exact) mass is 1060 g/mol. The molecule has 0 spiro atoms. The maximum Gasteiger partial charge on any atom is 0.321 e. The summed E-state index contributed by atoms with van der Waals surface area (Å²) >= 11 is 4.45. The zero-order valence-electron chi connectivity index (χ0n) is 43.1. The van der Waals surface area contributed by atoms with Crippen molar-refractivity contribution >= 4 is 64.3 Å². The van der Waals surface area contributed by atoms with Crippen LogP contribution in [0.2, 0.25) is 0 Å². The summed E-state index contributed by atoms with van der Waals surface area (Å²) in [7, 11) is 2.79. The van der Waals surface area contributed by atoms with Crippen molar-refractivity contribution in [3.05, 3.63) is 123 Å². The Morgan fingerprint density at radius 2 is 1.38 bits per heavy atom. The third-order valence-electron chi connectivity index (χ3n) is 12.4. The van der Waals surface area contributed by atoms with Crippen LogP contribution in [-0.2, 0) is 32.5 Å². The number of para-hydroxylation sites is 1. The largest absolute Gasteiger partial charge is 0.504 e. The Hall–Kier alpha value is -6.11. The van der Waals surface area contributed by atoms with Crippen LogP contribution in [-0.4, -0.2) is 93.1 Å². The lowest BCUT2D eigenvalue weighted by atomic mass is 9.95. The number of nitrogens with two attached hydrogens (primary N) is 2. The maximum atomic E-state index is 13.9. The molecule has 402 valence electrons. The first-order valence-corrected chi connectivity index (χ1v) is 28.0. The Balaban J connectivity index is 0.00000289. The summed E-state index contributed by atoms with van der Waals surface area (Å²) in [6, 6.07) is 26.0. The molecule has 1 aliphatic heterocycles. The summed E-state index contributed by atoms with van der Waals surface area (Å²) in [6.45, 7) is 2.51. The molecular formula is C55H75N6O11PS. The fourth-order valence-corrected chi connectivity index (χ4v) is 9.15. The SMILES string of the molecule is CC.CN(CCCCCCCCCCN(N)/C1=C(\N)c2ccccc2N(C(=O)CCC(=O)NCCCCCCOP(O)(O)=S)Cc2ccccc21)C(=O)c1ccc(-c2cc(=O)c3ccc(O)c(O)c3o2)cc1.CO. The summed E-state index contributed by atoms with van der Waals surface area (Å²) in [5.41, 5.74) is 11.8. The Kier molecular flexibility index (Phi) is 25.3. The van der Waals surface area contributed by atoms with E-state index in [1.165, 1.54) is 18.2 Å². The van der Waals surface area contributed by atoms with Gasteiger partial charge in [-0.3, -0.25) is 19.2 Å². The number of carbonyl (C=O) groups is 3. The minimum Gasteiger partial charge on any atom is -0.504 e. The van der Waals surface area contributed by atoms with Gasteiger partial charge in [-0.25, -0.2) is 5.84 Å². The molecule has 2 heterocycles. The lowest BCUT2D eigenvalue weighted by Gasteiger charge is -2.33. The second-order valence-electron chi connectivity index (χ2n) is 17.6. The summed E-state index contributed by atoms with van der Waals surface area (Å²) in [4.78, 5) is 74.1. The maximum absolute atomic E-state index is 13.9. The van der Waals surface area contributed by atoms with Crippen LogP contribution in [0.1, 0.15) is 131 Å². The van der Waals surface area contributed by atoms with Crippen LogP contribution in [0.5, 0.6) is 11.5 Å². The van der Waals surface area contributed by atoms with E-state index in [1.807, 2.05) is 62.4 Å². The average Bonchev–Trinajstić information content (AvgIpc) is 3.40. The number of nitrogens with one attached hydrogen (secondary N) is 1. The minimum atomic E-state index is -3.63. The van der Waals surface area contributed by atoms with Crippen molar-refractivity contribution in [2.45, 2.75) is 110 Å². The van der Waals surface area contributed by atoms with Crippen LogP contribution in [0.3, 0.4) is 0 Å². The van der Waals surface area contributed by atoms with Crippen LogP contribution < -0.4 is 27.2 Å². The molecule has 5 aromatic rings. The van der Waals surface area contributed by atoms with Crippen molar-refractivity contribution in [3.8, 4) is 22.8 Å². The number of nitrogens with zero attached hydrogens (tertiary/aromatic N) is 3. The molecule has 0 bridgehead atoms. The van der Waals surface area contributed by atoms with Crippen molar-refractivity contribution in [1.82, 2.24) is 15.2 Å². The fourth-order valence-electron chi connectivity index (χ4n) is 8.56. The highest BCUT2D eigenvalue weighted by Gasteiger charge is 2.28. The van der Waals surface area contributed by atoms with Gasteiger partial charge in [-0.2, -0.15) is 0 Å². The van der Waals surface area contributed by atoms with Gasteiger partial charge in [0.1, 0.15) is 5.76 Å². The highest BCUT2D eigenvalue weighted by atomic mass is 32.5. The van der Waals surface area contributed by atoms with Crippen LogP contribution in [0.25, 0.3) is 33.7 Å². The molecule has 0 unspecified atom stereocenters. The number of amides is 3. The van der Waals surface area contributed by atoms with Crippen LogP contribution >= 0.6 is 6.72 Å². The van der Waals surface area contributed by atoms with Gasteiger partial charge in [-0.1, -0.05) is 120 Å². The highest BCUT2D eigenvalue weighted by Crippen LogP contribution is 2.38. The van der Waals surface area contributed by atoms with E-state index in [9.17, 15) is 29.4 Å². The number of aliphatic hydroxyl groups is 1. The molecule has 1 aromatic heterocycles. The van der Waals surface area contributed by atoms with Crippen molar-refractivity contribution in [2.24, 2.45) is 11.6 Å². The number of carbonyl (C=O) groups excluding carboxylic acids is 3. The first-order valence-electron chi connectivity index (χ1n) is 25.4. The number of unbranched alkanes of at least 4 members (excludes halogenated alkanes) is 10. The quantitative estimate of drug-likeness (QED) is 0.00892. The van der Waals surface area contributed by atoms with Gasteiger partial charge in [-0.05, 0) is 73.4 Å². The molecule has 0 aliphatic carbocycles. The van der Waals surface area contributed by atoms with Crippen LogP contribution in [0.15, 0.2) is 100 Å². The van der Waals surface area contributed by atoms with E-state index in [-0.39, 0.29) is 71.6 Å². The summed E-state index contributed by atoms with van der Waals surface area (Å²) < 4.78 is 10.6. The van der Waals surface area contributed by atoms with E-state index in [1.54, 1.807) is 46.1 Å². The van der Waals surface area contributed by atoms with Gasteiger partial charge in [0.15, 0.2) is 16.8 Å². The topological polar surface area (TPSA) is 266 Å². The third-order valence-corrected chi connectivity index (χ3v) is 13.2. The zero-order chi connectivity index (χ0) is 54.2. The van der Waals surface area contributed by atoms with Gasteiger partial charge in [0, 0.05) is 75.0 Å². The molecule has 19 heteroatoms. The smallest absolute Gasteiger partial charge is 0.321 e. The van der Waals surface area contributed by atoms with Gasteiger partial charge in [0.05, 0.1) is 35.6 Å². The van der Waals surface area contributed by atoms with Gasteiger partial charge >= 0.3 is 6.72 Å². The third kappa shape index (κ3) is 17.8. The van der Waals surface area contributed by atoms with Crippen molar-refractivity contribution < 1.29 is 48.4 Å². The highest BCUT2D eigenvalue weighted by molar-refractivity contribution is 8.06. The number of aromatic hydroxyl groups is 2.